The number of amides is 1. The average molecular weight is 279 g/mol. The standard InChI is InChI=1S/C18H17NO2/c1-3-12-21-17-10-8-16(9-11-17)18(20)19-13-15-6-4-14(2)5-7-15/h1,4-11H,12-13H2,2H3,(H,19,20). The van der Waals surface area contributed by atoms with Gasteiger partial charge in [0.1, 0.15) is 12.4 Å². The summed E-state index contributed by atoms with van der Waals surface area (Å²) in [6, 6.07) is 15.0. The van der Waals surface area contributed by atoms with Gasteiger partial charge in [0.2, 0.25) is 0 Å². The summed E-state index contributed by atoms with van der Waals surface area (Å²) >= 11 is 0. The van der Waals surface area contributed by atoms with Gasteiger partial charge in [-0.25, -0.2) is 0 Å². The first-order valence-corrected chi connectivity index (χ1v) is 6.69. The zero-order chi connectivity index (χ0) is 15.1. The molecule has 2 aromatic rings. The summed E-state index contributed by atoms with van der Waals surface area (Å²) < 4.78 is 5.26. The number of nitrogens with one attached hydrogen (secondary N) is 1. The van der Waals surface area contributed by atoms with Gasteiger partial charge in [-0.3, -0.25) is 4.79 Å². The van der Waals surface area contributed by atoms with Crippen molar-refractivity contribution in [1.29, 1.82) is 0 Å². The minimum atomic E-state index is -0.112. The van der Waals surface area contributed by atoms with Crippen molar-refractivity contribution in [1.82, 2.24) is 5.32 Å². The fourth-order valence-electron chi connectivity index (χ4n) is 1.82. The Balaban J connectivity index is 1.91. The maximum absolute atomic E-state index is 12.0. The summed E-state index contributed by atoms with van der Waals surface area (Å²) in [6.07, 6.45) is 5.12. The number of hydrogen-bond acceptors (Lipinski definition) is 2. The Morgan fingerprint density at radius 2 is 1.81 bits per heavy atom. The van der Waals surface area contributed by atoms with Gasteiger partial charge in [-0.1, -0.05) is 35.7 Å². The fraction of sp³-hybridized carbons (Fsp3) is 0.167. The highest BCUT2D eigenvalue weighted by Crippen LogP contribution is 2.12. The highest BCUT2D eigenvalue weighted by Gasteiger charge is 2.05. The van der Waals surface area contributed by atoms with Crippen LogP contribution >= 0.6 is 0 Å². The van der Waals surface area contributed by atoms with Crippen molar-refractivity contribution in [3.63, 3.8) is 0 Å². The lowest BCUT2D eigenvalue weighted by atomic mass is 10.1. The van der Waals surface area contributed by atoms with E-state index in [1.807, 2.05) is 31.2 Å². The maximum atomic E-state index is 12.0. The van der Waals surface area contributed by atoms with Crippen LogP contribution < -0.4 is 10.1 Å². The van der Waals surface area contributed by atoms with Crippen LogP contribution in [0, 0.1) is 19.3 Å². The van der Waals surface area contributed by atoms with Gasteiger partial charge in [0.05, 0.1) is 0 Å². The van der Waals surface area contributed by atoms with Gasteiger partial charge in [-0.05, 0) is 36.8 Å². The van der Waals surface area contributed by atoms with Crippen LogP contribution in [0.5, 0.6) is 5.75 Å². The largest absolute Gasteiger partial charge is 0.481 e. The summed E-state index contributed by atoms with van der Waals surface area (Å²) in [4.78, 5) is 12.0. The number of carbonyl (C=O) groups excluding carboxylic acids is 1. The van der Waals surface area contributed by atoms with E-state index in [4.69, 9.17) is 11.2 Å². The van der Waals surface area contributed by atoms with Gasteiger partial charge >= 0.3 is 0 Å². The van der Waals surface area contributed by atoms with E-state index in [1.165, 1.54) is 5.56 Å². The number of aryl methyl sites for hydroxylation is 1. The molecule has 0 aliphatic carbocycles. The molecule has 2 aromatic carbocycles. The molecule has 0 fully saturated rings. The number of carbonyl (C=O) groups is 1. The second-order valence-corrected chi connectivity index (χ2v) is 4.69. The van der Waals surface area contributed by atoms with Gasteiger partial charge in [-0.15, -0.1) is 6.42 Å². The Morgan fingerprint density at radius 1 is 1.14 bits per heavy atom. The van der Waals surface area contributed by atoms with Crippen molar-refractivity contribution >= 4 is 5.91 Å². The van der Waals surface area contributed by atoms with Gasteiger partial charge < -0.3 is 10.1 Å². The summed E-state index contributed by atoms with van der Waals surface area (Å²) in [7, 11) is 0. The molecule has 1 N–H and O–H groups in total. The molecule has 106 valence electrons. The molecule has 0 unspecified atom stereocenters. The van der Waals surface area contributed by atoms with Crippen LogP contribution in [0.4, 0.5) is 0 Å². The zero-order valence-corrected chi connectivity index (χ0v) is 11.9. The molecule has 0 aromatic heterocycles. The van der Waals surface area contributed by atoms with Crippen LogP contribution in [-0.2, 0) is 6.54 Å². The van der Waals surface area contributed by atoms with Crippen LogP contribution in [0.25, 0.3) is 0 Å². The first-order valence-electron chi connectivity index (χ1n) is 6.69. The Bertz CT molecular complexity index is 636. The molecule has 0 saturated heterocycles. The topological polar surface area (TPSA) is 38.3 Å². The van der Waals surface area contributed by atoms with Crippen LogP contribution in [0.2, 0.25) is 0 Å². The van der Waals surface area contributed by atoms with E-state index in [2.05, 4.69) is 11.2 Å². The highest BCUT2D eigenvalue weighted by atomic mass is 16.5. The average Bonchev–Trinajstić information content (AvgIpc) is 2.52. The lowest BCUT2D eigenvalue weighted by molar-refractivity contribution is 0.0951. The molecule has 3 nitrogen and oxygen atoms in total. The smallest absolute Gasteiger partial charge is 0.251 e. The second-order valence-electron chi connectivity index (χ2n) is 4.69. The number of rotatable bonds is 5. The third kappa shape index (κ3) is 4.39. The quantitative estimate of drug-likeness (QED) is 0.855. The van der Waals surface area contributed by atoms with Crippen LogP contribution in [0.1, 0.15) is 21.5 Å². The Kier molecular flexibility index (Phi) is 5.00. The predicted octanol–water partition coefficient (Wildman–Crippen LogP) is 2.94. The highest BCUT2D eigenvalue weighted by molar-refractivity contribution is 5.94. The van der Waals surface area contributed by atoms with E-state index in [0.29, 0.717) is 17.9 Å². The third-order valence-corrected chi connectivity index (χ3v) is 3.01. The van der Waals surface area contributed by atoms with Crippen molar-refractivity contribution < 1.29 is 9.53 Å². The molecule has 0 heterocycles. The molecule has 0 aliphatic rings. The maximum Gasteiger partial charge on any atom is 0.251 e. The van der Waals surface area contributed by atoms with Crippen molar-refractivity contribution in [2.45, 2.75) is 13.5 Å². The Labute approximate surface area is 125 Å². The van der Waals surface area contributed by atoms with Crippen molar-refractivity contribution in [2.24, 2.45) is 0 Å². The first kappa shape index (κ1) is 14.7. The molecule has 0 aliphatic heterocycles. The van der Waals surface area contributed by atoms with E-state index in [-0.39, 0.29) is 12.5 Å². The van der Waals surface area contributed by atoms with E-state index in [1.54, 1.807) is 24.3 Å². The molecule has 0 spiro atoms. The van der Waals surface area contributed by atoms with Gasteiger partial charge in [0.15, 0.2) is 0 Å². The molecule has 2 rings (SSSR count). The van der Waals surface area contributed by atoms with Crippen molar-refractivity contribution in [3.05, 3.63) is 65.2 Å². The Hall–Kier alpha value is -2.73. The number of hydrogen-bond donors (Lipinski definition) is 1. The van der Waals surface area contributed by atoms with Crippen molar-refractivity contribution in [2.75, 3.05) is 6.61 Å². The molecule has 0 atom stereocenters. The fourth-order valence-corrected chi connectivity index (χ4v) is 1.82. The van der Waals surface area contributed by atoms with Gasteiger partial charge in [0, 0.05) is 12.1 Å². The van der Waals surface area contributed by atoms with Crippen LogP contribution in [0.3, 0.4) is 0 Å². The van der Waals surface area contributed by atoms with Gasteiger partial charge in [-0.2, -0.15) is 0 Å². The minimum absolute atomic E-state index is 0.112. The Morgan fingerprint density at radius 3 is 2.43 bits per heavy atom. The summed E-state index contributed by atoms with van der Waals surface area (Å²) in [5, 5.41) is 2.89. The van der Waals surface area contributed by atoms with E-state index < -0.39 is 0 Å². The molecule has 3 heteroatoms. The van der Waals surface area contributed by atoms with Crippen LogP contribution in [0.15, 0.2) is 48.5 Å². The zero-order valence-electron chi connectivity index (χ0n) is 11.9. The molecular formula is C18H17NO2. The molecule has 21 heavy (non-hydrogen) atoms. The van der Waals surface area contributed by atoms with E-state index >= 15 is 0 Å². The summed E-state index contributed by atoms with van der Waals surface area (Å²) in [5.74, 6) is 2.94. The molecule has 0 saturated carbocycles. The SMILES string of the molecule is C#CCOc1ccc(C(=O)NCc2ccc(C)cc2)cc1. The lowest BCUT2D eigenvalue weighted by Gasteiger charge is -2.07. The van der Waals surface area contributed by atoms with Crippen molar-refractivity contribution in [3.8, 4) is 18.1 Å². The molecular weight excluding hydrogens is 262 g/mol. The monoisotopic (exact) mass is 279 g/mol. The van der Waals surface area contributed by atoms with Crippen LogP contribution in [-0.4, -0.2) is 12.5 Å². The molecule has 0 radical (unpaired) electrons. The minimum Gasteiger partial charge on any atom is -0.481 e. The summed E-state index contributed by atoms with van der Waals surface area (Å²) in [5.41, 5.74) is 2.87. The van der Waals surface area contributed by atoms with Gasteiger partial charge in [0.25, 0.3) is 5.91 Å². The predicted molar refractivity (Wildman–Crippen MR) is 83.1 cm³/mol. The second kappa shape index (κ2) is 7.16. The normalized spacial score (nSPS) is 9.71. The lowest BCUT2D eigenvalue weighted by Crippen LogP contribution is -2.22. The first-order chi connectivity index (χ1) is 10.2. The summed E-state index contributed by atoms with van der Waals surface area (Å²) in [6.45, 7) is 2.76. The third-order valence-electron chi connectivity index (χ3n) is 3.01. The molecule has 1 amide bonds. The van der Waals surface area contributed by atoms with E-state index in [0.717, 1.165) is 5.56 Å². The number of benzene rings is 2. The number of terminal acetylenes is 1. The van der Waals surface area contributed by atoms with E-state index in [9.17, 15) is 4.79 Å². The number of ether oxygens (including phenoxy) is 1. The molecule has 0 bridgehead atoms.